The van der Waals surface area contributed by atoms with Crippen LogP contribution in [-0.4, -0.2) is 6.54 Å². The lowest BCUT2D eigenvalue weighted by molar-refractivity contribution is -0.0653. The standard InChI is InChI=1S/C18H22BrN/c19-16-3-1-2-14-15(10-20-17(14)16)18-7-11-4-12(8-18)6-13(5-11)9-18/h1-3,11-13,15,20H,4-10H2. The Bertz CT molecular complexity index is 529. The van der Waals surface area contributed by atoms with Crippen LogP contribution in [0.25, 0.3) is 0 Å². The highest BCUT2D eigenvalue weighted by molar-refractivity contribution is 9.10. The number of anilines is 1. The fourth-order valence-corrected chi connectivity index (χ4v) is 7.00. The van der Waals surface area contributed by atoms with Crippen LogP contribution in [0.1, 0.15) is 50.0 Å². The van der Waals surface area contributed by atoms with Crippen LogP contribution in [0.5, 0.6) is 0 Å². The smallest absolute Gasteiger partial charge is 0.0521 e. The minimum absolute atomic E-state index is 0.633. The van der Waals surface area contributed by atoms with Gasteiger partial charge in [-0.15, -0.1) is 0 Å². The van der Waals surface area contributed by atoms with Crippen molar-refractivity contribution < 1.29 is 0 Å². The quantitative estimate of drug-likeness (QED) is 0.748. The summed E-state index contributed by atoms with van der Waals surface area (Å²) in [7, 11) is 0. The van der Waals surface area contributed by atoms with Crippen LogP contribution in [0.2, 0.25) is 0 Å². The summed E-state index contributed by atoms with van der Waals surface area (Å²) in [6.45, 7) is 1.17. The number of halogens is 1. The molecule has 1 N–H and O–H groups in total. The molecule has 1 aromatic carbocycles. The van der Waals surface area contributed by atoms with Crippen molar-refractivity contribution in [3.63, 3.8) is 0 Å². The molecule has 1 atom stereocenters. The Morgan fingerprint density at radius 2 is 1.65 bits per heavy atom. The molecular formula is C18H22BrN. The first-order valence-electron chi connectivity index (χ1n) is 8.26. The van der Waals surface area contributed by atoms with Gasteiger partial charge in [0.05, 0.1) is 5.69 Å². The lowest BCUT2D eigenvalue weighted by Gasteiger charge is -2.59. The van der Waals surface area contributed by atoms with Gasteiger partial charge in [-0.1, -0.05) is 12.1 Å². The zero-order valence-electron chi connectivity index (χ0n) is 11.9. The Morgan fingerprint density at radius 3 is 2.30 bits per heavy atom. The minimum Gasteiger partial charge on any atom is -0.383 e. The van der Waals surface area contributed by atoms with Crippen LogP contribution >= 0.6 is 15.9 Å². The molecule has 106 valence electrons. The molecular weight excluding hydrogens is 310 g/mol. The van der Waals surface area contributed by atoms with Gasteiger partial charge in [0.25, 0.3) is 0 Å². The molecule has 4 fully saturated rings. The van der Waals surface area contributed by atoms with E-state index in [1.54, 1.807) is 24.8 Å². The van der Waals surface area contributed by atoms with Crippen LogP contribution in [0.15, 0.2) is 22.7 Å². The first-order chi connectivity index (χ1) is 9.73. The molecule has 4 bridgehead atoms. The van der Waals surface area contributed by atoms with E-state index < -0.39 is 0 Å². The highest BCUT2D eigenvalue weighted by Crippen LogP contribution is 2.65. The Morgan fingerprint density at radius 1 is 1.00 bits per heavy atom. The van der Waals surface area contributed by atoms with E-state index in [-0.39, 0.29) is 0 Å². The molecule has 4 aliphatic carbocycles. The summed E-state index contributed by atoms with van der Waals surface area (Å²) in [5, 5.41) is 3.70. The number of fused-ring (bicyclic) bond motifs is 1. The van der Waals surface area contributed by atoms with Crippen molar-refractivity contribution in [3.05, 3.63) is 28.2 Å². The number of benzene rings is 1. The molecule has 20 heavy (non-hydrogen) atoms. The molecule has 0 amide bonds. The van der Waals surface area contributed by atoms with Gasteiger partial charge in [-0.05, 0) is 89.3 Å². The van der Waals surface area contributed by atoms with E-state index in [1.807, 2.05) is 0 Å². The summed E-state index contributed by atoms with van der Waals surface area (Å²) in [5.74, 6) is 3.93. The topological polar surface area (TPSA) is 12.0 Å². The van der Waals surface area contributed by atoms with Crippen molar-refractivity contribution >= 4 is 21.6 Å². The highest BCUT2D eigenvalue weighted by atomic mass is 79.9. The van der Waals surface area contributed by atoms with Gasteiger partial charge in [0.15, 0.2) is 0 Å². The van der Waals surface area contributed by atoms with E-state index in [2.05, 4.69) is 39.4 Å². The summed E-state index contributed by atoms with van der Waals surface area (Å²) in [6.07, 6.45) is 9.17. The predicted molar refractivity (Wildman–Crippen MR) is 86.0 cm³/mol. The number of hydrogen-bond donors (Lipinski definition) is 1. The second-order valence-electron chi connectivity index (χ2n) is 7.92. The van der Waals surface area contributed by atoms with Gasteiger partial charge in [0, 0.05) is 16.9 Å². The zero-order chi connectivity index (χ0) is 13.3. The second kappa shape index (κ2) is 4.03. The van der Waals surface area contributed by atoms with E-state index in [0.29, 0.717) is 5.41 Å². The number of para-hydroxylation sites is 1. The number of nitrogens with one attached hydrogen (secondary N) is 1. The third kappa shape index (κ3) is 1.55. The van der Waals surface area contributed by atoms with Gasteiger partial charge >= 0.3 is 0 Å². The molecule has 0 radical (unpaired) electrons. The number of hydrogen-bond acceptors (Lipinski definition) is 1. The lowest BCUT2D eigenvalue weighted by atomic mass is 9.46. The van der Waals surface area contributed by atoms with Gasteiger partial charge < -0.3 is 5.32 Å². The Balaban J connectivity index is 1.57. The minimum atomic E-state index is 0.633. The summed E-state index contributed by atoms with van der Waals surface area (Å²) < 4.78 is 1.25. The Labute approximate surface area is 129 Å². The van der Waals surface area contributed by atoms with Gasteiger partial charge in [-0.25, -0.2) is 0 Å². The van der Waals surface area contributed by atoms with E-state index >= 15 is 0 Å². The summed E-state index contributed by atoms with van der Waals surface area (Å²) >= 11 is 3.72. The maximum Gasteiger partial charge on any atom is 0.0521 e. The Hall–Kier alpha value is -0.500. The fraction of sp³-hybridized carbons (Fsp3) is 0.667. The van der Waals surface area contributed by atoms with E-state index in [9.17, 15) is 0 Å². The fourth-order valence-electron chi connectivity index (χ4n) is 6.48. The monoisotopic (exact) mass is 331 g/mol. The summed E-state index contributed by atoms with van der Waals surface area (Å²) in [6, 6.07) is 6.78. The summed E-state index contributed by atoms with van der Waals surface area (Å²) in [5.41, 5.74) is 3.61. The normalized spacial score (nSPS) is 44.5. The molecule has 1 heterocycles. The van der Waals surface area contributed by atoms with E-state index in [4.69, 9.17) is 0 Å². The van der Waals surface area contributed by atoms with Gasteiger partial charge in [-0.2, -0.15) is 0 Å². The van der Waals surface area contributed by atoms with Gasteiger partial charge in [0.2, 0.25) is 0 Å². The number of rotatable bonds is 1. The van der Waals surface area contributed by atoms with Crippen molar-refractivity contribution in [3.8, 4) is 0 Å². The van der Waals surface area contributed by atoms with Crippen molar-refractivity contribution in [1.82, 2.24) is 0 Å². The van der Waals surface area contributed by atoms with Crippen LogP contribution < -0.4 is 5.32 Å². The first-order valence-corrected chi connectivity index (χ1v) is 9.05. The largest absolute Gasteiger partial charge is 0.383 e. The molecule has 6 rings (SSSR count). The Kier molecular flexibility index (Phi) is 2.43. The SMILES string of the molecule is Brc1cccc2c1NCC2C12CC3CC(CC(C3)C1)C2. The van der Waals surface area contributed by atoms with E-state index in [1.165, 1.54) is 36.0 Å². The third-order valence-electron chi connectivity index (χ3n) is 6.73. The molecule has 0 saturated heterocycles. The summed E-state index contributed by atoms with van der Waals surface area (Å²) in [4.78, 5) is 0. The van der Waals surface area contributed by atoms with Gasteiger partial charge in [0.1, 0.15) is 0 Å². The van der Waals surface area contributed by atoms with Crippen LogP contribution in [0.3, 0.4) is 0 Å². The lowest BCUT2D eigenvalue weighted by Crippen LogP contribution is -2.49. The predicted octanol–water partition coefficient (Wildman–Crippen LogP) is 5.17. The maximum absolute atomic E-state index is 3.72. The molecule has 2 heteroatoms. The second-order valence-corrected chi connectivity index (χ2v) is 8.77. The third-order valence-corrected chi connectivity index (χ3v) is 7.39. The molecule has 5 aliphatic rings. The zero-order valence-corrected chi connectivity index (χ0v) is 13.5. The molecule has 1 aliphatic heterocycles. The van der Waals surface area contributed by atoms with Crippen LogP contribution in [-0.2, 0) is 0 Å². The average Bonchev–Trinajstić information content (AvgIpc) is 2.83. The van der Waals surface area contributed by atoms with Crippen molar-refractivity contribution in [2.24, 2.45) is 23.2 Å². The van der Waals surface area contributed by atoms with Crippen LogP contribution in [0, 0.1) is 23.2 Å². The van der Waals surface area contributed by atoms with E-state index in [0.717, 1.165) is 23.7 Å². The van der Waals surface area contributed by atoms with Crippen LogP contribution in [0.4, 0.5) is 5.69 Å². The average molecular weight is 332 g/mol. The van der Waals surface area contributed by atoms with Crippen molar-refractivity contribution in [1.29, 1.82) is 0 Å². The van der Waals surface area contributed by atoms with Crippen molar-refractivity contribution in [2.75, 3.05) is 11.9 Å². The molecule has 1 unspecified atom stereocenters. The first kappa shape index (κ1) is 12.1. The molecule has 1 nitrogen and oxygen atoms in total. The molecule has 0 aromatic heterocycles. The molecule has 0 spiro atoms. The maximum atomic E-state index is 3.72. The van der Waals surface area contributed by atoms with Gasteiger partial charge in [-0.3, -0.25) is 0 Å². The highest BCUT2D eigenvalue weighted by Gasteiger charge is 2.55. The molecule has 4 saturated carbocycles. The van der Waals surface area contributed by atoms with Crippen molar-refractivity contribution in [2.45, 2.75) is 44.4 Å². The molecule has 1 aromatic rings.